The lowest BCUT2D eigenvalue weighted by Crippen LogP contribution is -2.29. The highest BCUT2D eigenvalue weighted by Gasteiger charge is 2.35. The number of fused-ring (bicyclic) bond motifs is 1. The minimum atomic E-state index is -0.551. The average Bonchev–Trinajstić information content (AvgIpc) is 3.38. The number of carbonyl (C=O) groups is 1. The summed E-state index contributed by atoms with van der Waals surface area (Å²) in [5.74, 6) is 1.39. The minimum absolute atomic E-state index is 0.221. The van der Waals surface area contributed by atoms with Crippen LogP contribution in [0, 0.1) is 0 Å². The first-order valence-electron chi connectivity index (χ1n) is 13.5. The number of esters is 1. The summed E-state index contributed by atoms with van der Waals surface area (Å²) >= 11 is 20.4. The Balaban J connectivity index is 1.42. The van der Waals surface area contributed by atoms with Gasteiger partial charge in [0, 0.05) is 32.1 Å². The Morgan fingerprint density at radius 1 is 1.00 bits per heavy atom. The number of ether oxygens (including phenoxy) is 2. The van der Waals surface area contributed by atoms with Gasteiger partial charge in [-0.05, 0) is 54.8 Å². The van der Waals surface area contributed by atoms with Crippen molar-refractivity contribution in [1.29, 1.82) is 0 Å². The van der Waals surface area contributed by atoms with Gasteiger partial charge in [0.25, 0.3) is 0 Å². The Bertz CT molecular complexity index is 1590. The predicted octanol–water partition coefficient (Wildman–Crippen LogP) is 8.74. The molecule has 4 aromatic rings. The molecule has 0 amide bonds. The molecular formula is C31H29Cl3N4O3S. The predicted molar refractivity (Wildman–Crippen MR) is 169 cm³/mol. The van der Waals surface area contributed by atoms with E-state index in [9.17, 15) is 4.79 Å². The SMILES string of the molecule is CCCCOC(=O)C1=C(C)Nc2nc(SCc3ccccc3Cl)nn2C1c1ccc(OCc2c(Cl)cccc2Cl)cc1. The molecule has 3 aromatic carbocycles. The summed E-state index contributed by atoms with van der Waals surface area (Å²) in [6.07, 6.45) is 1.71. The van der Waals surface area contributed by atoms with Crippen LogP contribution in [0.2, 0.25) is 15.1 Å². The maximum absolute atomic E-state index is 13.4. The fourth-order valence-electron chi connectivity index (χ4n) is 4.48. The van der Waals surface area contributed by atoms with Crippen molar-refractivity contribution in [3.05, 3.63) is 110 Å². The van der Waals surface area contributed by atoms with Crippen molar-refractivity contribution in [2.45, 2.75) is 50.2 Å². The fourth-order valence-corrected chi connectivity index (χ4v) is 6.10. The number of thioether (sulfide) groups is 1. The van der Waals surface area contributed by atoms with Crippen LogP contribution in [-0.2, 0) is 21.9 Å². The van der Waals surface area contributed by atoms with E-state index in [1.807, 2.05) is 55.5 Å². The Morgan fingerprint density at radius 2 is 1.71 bits per heavy atom. The van der Waals surface area contributed by atoms with Crippen molar-refractivity contribution in [3.63, 3.8) is 0 Å². The zero-order chi connectivity index (χ0) is 29.6. The number of nitrogens with one attached hydrogen (secondary N) is 1. The van der Waals surface area contributed by atoms with E-state index in [0.29, 0.717) is 61.1 Å². The van der Waals surface area contributed by atoms with E-state index in [1.54, 1.807) is 22.9 Å². The highest BCUT2D eigenvalue weighted by molar-refractivity contribution is 7.98. The summed E-state index contributed by atoms with van der Waals surface area (Å²) in [5.41, 5.74) is 3.67. The lowest BCUT2D eigenvalue weighted by molar-refractivity contribution is -0.139. The first kappa shape index (κ1) is 30.3. The van der Waals surface area contributed by atoms with Crippen LogP contribution in [0.25, 0.3) is 0 Å². The van der Waals surface area contributed by atoms with Gasteiger partial charge >= 0.3 is 5.97 Å². The van der Waals surface area contributed by atoms with Crippen LogP contribution in [0.15, 0.2) is 83.2 Å². The molecule has 1 aliphatic heterocycles. The molecule has 0 saturated carbocycles. The molecule has 2 heterocycles. The first-order chi connectivity index (χ1) is 20.4. The Kier molecular flexibility index (Phi) is 10.0. The van der Waals surface area contributed by atoms with E-state index in [2.05, 4.69) is 12.2 Å². The number of unbranched alkanes of at least 4 members (excludes halogenated alkanes) is 1. The molecule has 0 spiro atoms. The van der Waals surface area contributed by atoms with Gasteiger partial charge in [-0.2, -0.15) is 4.98 Å². The van der Waals surface area contributed by atoms with Crippen molar-refractivity contribution >= 4 is 58.5 Å². The number of allylic oxidation sites excluding steroid dienone is 1. The third kappa shape index (κ3) is 6.89. The van der Waals surface area contributed by atoms with Crippen LogP contribution in [0.3, 0.4) is 0 Å². The minimum Gasteiger partial charge on any atom is -0.489 e. The van der Waals surface area contributed by atoms with E-state index in [4.69, 9.17) is 54.4 Å². The van der Waals surface area contributed by atoms with Crippen molar-refractivity contribution in [2.75, 3.05) is 11.9 Å². The molecule has 7 nitrogen and oxygen atoms in total. The van der Waals surface area contributed by atoms with Crippen molar-refractivity contribution in [3.8, 4) is 5.75 Å². The van der Waals surface area contributed by atoms with Gasteiger partial charge < -0.3 is 14.8 Å². The average molecular weight is 644 g/mol. The zero-order valence-corrected chi connectivity index (χ0v) is 26.2. The monoisotopic (exact) mass is 642 g/mol. The van der Waals surface area contributed by atoms with Crippen LogP contribution in [0.4, 0.5) is 5.95 Å². The second-order valence-electron chi connectivity index (χ2n) is 9.66. The van der Waals surface area contributed by atoms with E-state index in [-0.39, 0.29) is 6.61 Å². The van der Waals surface area contributed by atoms with E-state index < -0.39 is 12.0 Å². The summed E-state index contributed by atoms with van der Waals surface area (Å²) < 4.78 is 13.4. The maximum atomic E-state index is 13.4. The van der Waals surface area contributed by atoms with Gasteiger partial charge in [-0.1, -0.05) is 96.3 Å². The molecule has 1 atom stereocenters. The third-order valence-electron chi connectivity index (χ3n) is 6.74. The number of aromatic nitrogens is 3. The number of carbonyl (C=O) groups excluding carboxylic acids is 1. The van der Waals surface area contributed by atoms with Crippen LogP contribution >= 0.6 is 46.6 Å². The molecule has 0 bridgehead atoms. The molecule has 0 aliphatic carbocycles. The molecule has 1 aromatic heterocycles. The molecule has 0 radical (unpaired) electrons. The van der Waals surface area contributed by atoms with Gasteiger partial charge in [0.1, 0.15) is 18.4 Å². The number of rotatable bonds is 11. The van der Waals surface area contributed by atoms with E-state index >= 15 is 0 Å². The van der Waals surface area contributed by atoms with Gasteiger partial charge in [-0.15, -0.1) is 5.10 Å². The summed E-state index contributed by atoms with van der Waals surface area (Å²) in [6.45, 7) is 4.47. The van der Waals surface area contributed by atoms with Crippen LogP contribution in [-0.4, -0.2) is 27.3 Å². The van der Waals surface area contributed by atoms with Gasteiger partial charge in [-0.25, -0.2) is 9.48 Å². The lowest BCUT2D eigenvalue weighted by Gasteiger charge is -2.28. The van der Waals surface area contributed by atoms with Crippen molar-refractivity contribution in [2.24, 2.45) is 0 Å². The number of halogens is 3. The van der Waals surface area contributed by atoms with E-state index in [1.165, 1.54) is 11.8 Å². The van der Waals surface area contributed by atoms with Crippen molar-refractivity contribution < 1.29 is 14.3 Å². The molecule has 218 valence electrons. The highest BCUT2D eigenvalue weighted by Crippen LogP contribution is 2.38. The molecule has 1 aliphatic rings. The highest BCUT2D eigenvalue weighted by atomic mass is 35.5. The number of hydrogen-bond donors (Lipinski definition) is 1. The Labute approximate surface area is 264 Å². The lowest BCUT2D eigenvalue weighted by atomic mass is 9.96. The molecule has 1 N–H and O–H groups in total. The topological polar surface area (TPSA) is 78.3 Å². The smallest absolute Gasteiger partial charge is 0.338 e. The van der Waals surface area contributed by atoms with Gasteiger partial charge in [-0.3, -0.25) is 0 Å². The zero-order valence-electron chi connectivity index (χ0n) is 23.1. The largest absolute Gasteiger partial charge is 0.489 e. The van der Waals surface area contributed by atoms with Crippen LogP contribution < -0.4 is 10.1 Å². The summed E-state index contributed by atoms with van der Waals surface area (Å²) in [4.78, 5) is 18.1. The second-order valence-corrected chi connectivity index (χ2v) is 11.8. The molecule has 0 fully saturated rings. The van der Waals surface area contributed by atoms with Crippen LogP contribution in [0.1, 0.15) is 49.4 Å². The standard InChI is InChI=1S/C31H29Cl3N4O3S/c1-3-4-16-40-29(39)27-19(2)35-30-36-31(42-18-21-8-5-6-9-24(21)32)37-38(30)28(27)20-12-14-22(15-13-20)41-17-23-25(33)10-7-11-26(23)34/h5-15,28H,3-4,16-18H2,1-2H3,(H,35,36,37). The number of nitrogens with zero attached hydrogens (tertiary/aromatic N) is 3. The molecule has 11 heteroatoms. The second kappa shape index (κ2) is 13.9. The first-order valence-corrected chi connectivity index (χ1v) is 15.6. The molecular weight excluding hydrogens is 615 g/mol. The van der Waals surface area contributed by atoms with Gasteiger partial charge in [0.15, 0.2) is 0 Å². The van der Waals surface area contributed by atoms with E-state index in [0.717, 1.165) is 24.0 Å². The molecule has 0 saturated heterocycles. The van der Waals surface area contributed by atoms with Crippen molar-refractivity contribution in [1.82, 2.24) is 14.8 Å². The van der Waals surface area contributed by atoms with Gasteiger partial charge in [0.05, 0.1) is 12.2 Å². The number of benzene rings is 3. The fraction of sp³-hybridized carbons (Fsp3) is 0.258. The Morgan fingerprint density at radius 3 is 2.43 bits per heavy atom. The summed E-state index contributed by atoms with van der Waals surface area (Å²) in [6, 6.07) is 20.0. The molecule has 42 heavy (non-hydrogen) atoms. The van der Waals surface area contributed by atoms with Gasteiger partial charge in [0.2, 0.25) is 11.1 Å². The quantitative estimate of drug-likeness (QED) is 0.0995. The third-order valence-corrected chi connectivity index (χ3v) is 8.70. The number of hydrogen-bond acceptors (Lipinski definition) is 7. The van der Waals surface area contributed by atoms with Crippen LogP contribution in [0.5, 0.6) is 5.75 Å². The summed E-state index contributed by atoms with van der Waals surface area (Å²) in [5, 5.41) is 10.4. The Hall–Kier alpha value is -3.17. The summed E-state index contributed by atoms with van der Waals surface area (Å²) in [7, 11) is 0. The normalized spacial score (nSPS) is 14.4. The molecule has 5 rings (SSSR count). The maximum Gasteiger partial charge on any atom is 0.338 e. The molecule has 1 unspecified atom stereocenters. The number of anilines is 1.